The number of amides is 2. The zero-order chi connectivity index (χ0) is 18.1. The maximum atomic E-state index is 12.6. The van der Waals surface area contributed by atoms with Gasteiger partial charge in [-0.15, -0.1) is 0 Å². The van der Waals surface area contributed by atoms with E-state index in [1.807, 2.05) is 13.8 Å². The first-order valence-electron chi connectivity index (χ1n) is 7.48. The van der Waals surface area contributed by atoms with E-state index in [4.69, 9.17) is 5.11 Å². The molecule has 2 heterocycles. The zero-order valence-electron chi connectivity index (χ0n) is 13.2. The highest BCUT2D eigenvalue weighted by Gasteiger charge is 2.41. The first-order chi connectivity index (χ1) is 11.1. The van der Waals surface area contributed by atoms with Gasteiger partial charge in [0.15, 0.2) is 0 Å². The second kappa shape index (κ2) is 6.66. The van der Waals surface area contributed by atoms with Gasteiger partial charge in [-0.1, -0.05) is 20.3 Å². The lowest BCUT2D eigenvalue weighted by molar-refractivity contribution is -0.141. The fourth-order valence-electron chi connectivity index (χ4n) is 2.68. The Kier molecular flexibility index (Phi) is 5.00. The Morgan fingerprint density at radius 2 is 2.12 bits per heavy atom. The molecule has 0 aromatic carbocycles. The minimum absolute atomic E-state index is 0.0562. The molecule has 1 aromatic rings. The number of carboxylic acids is 1. The third kappa shape index (κ3) is 3.60. The second-order valence-electron chi connectivity index (χ2n) is 5.77. The third-order valence-corrected chi connectivity index (χ3v) is 4.20. The molecule has 0 bridgehead atoms. The van der Waals surface area contributed by atoms with Gasteiger partial charge in [-0.25, -0.2) is 9.78 Å². The number of alkyl halides is 3. The molecule has 2 rings (SSSR count). The Hall–Kier alpha value is -2.32. The summed E-state index contributed by atoms with van der Waals surface area (Å²) in [6.45, 7) is 3.60. The Balaban J connectivity index is 2.27. The number of aromatic nitrogens is 1. The number of urea groups is 1. The summed E-state index contributed by atoms with van der Waals surface area (Å²) in [7, 11) is 0. The van der Waals surface area contributed by atoms with Crippen LogP contribution in [0.25, 0.3) is 0 Å². The Labute approximate surface area is 136 Å². The fourth-order valence-corrected chi connectivity index (χ4v) is 2.68. The maximum absolute atomic E-state index is 12.6. The van der Waals surface area contributed by atoms with Gasteiger partial charge < -0.3 is 10.0 Å². The number of nitrogens with zero attached hydrogens (tertiary/aromatic N) is 3. The van der Waals surface area contributed by atoms with Crippen LogP contribution in [0.3, 0.4) is 0 Å². The van der Waals surface area contributed by atoms with Gasteiger partial charge in [-0.3, -0.25) is 9.69 Å². The number of anilines is 1. The lowest BCUT2D eigenvalue weighted by atomic mass is 9.98. The highest BCUT2D eigenvalue weighted by Crippen LogP contribution is 2.31. The SMILES string of the molecule is CC[C@H](C)[C@H]1CN(c2ccc(C(F)(F)F)nc2)C(=O)N1CC(=O)O. The predicted octanol–water partition coefficient (Wildman–Crippen LogP) is 2.84. The van der Waals surface area contributed by atoms with Crippen LogP contribution in [-0.4, -0.2) is 46.1 Å². The number of aliphatic carboxylic acids is 1. The lowest BCUT2D eigenvalue weighted by Gasteiger charge is -2.25. The average molecular weight is 345 g/mol. The van der Waals surface area contributed by atoms with Crippen molar-refractivity contribution in [2.45, 2.75) is 32.5 Å². The minimum atomic E-state index is -4.55. The van der Waals surface area contributed by atoms with E-state index in [1.54, 1.807) is 0 Å². The molecule has 2 atom stereocenters. The highest BCUT2D eigenvalue weighted by molar-refractivity contribution is 5.96. The largest absolute Gasteiger partial charge is 0.480 e. The number of carbonyl (C=O) groups is 2. The van der Waals surface area contributed by atoms with E-state index >= 15 is 0 Å². The molecule has 1 fully saturated rings. The quantitative estimate of drug-likeness (QED) is 0.891. The van der Waals surface area contributed by atoms with Crippen molar-refractivity contribution in [3.63, 3.8) is 0 Å². The fraction of sp³-hybridized carbons (Fsp3) is 0.533. The van der Waals surface area contributed by atoms with Crippen molar-refractivity contribution in [2.75, 3.05) is 18.0 Å². The molecule has 0 unspecified atom stereocenters. The molecule has 1 saturated heterocycles. The molecule has 1 N–H and O–H groups in total. The normalized spacial score (nSPS) is 19.7. The van der Waals surface area contributed by atoms with Crippen molar-refractivity contribution in [3.05, 3.63) is 24.0 Å². The number of carbonyl (C=O) groups excluding carboxylic acids is 1. The van der Waals surface area contributed by atoms with E-state index in [0.717, 1.165) is 18.7 Å². The first-order valence-corrected chi connectivity index (χ1v) is 7.48. The molecule has 0 saturated carbocycles. The van der Waals surface area contributed by atoms with Crippen LogP contribution in [0.5, 0.6) is 0 Å². The number of pyridine rings is 1. The monoisotopic (exact) mass is 345 g/mol. The van der Waals surface area contributed by atoms with Crippen LogP contribution in [0.2, 0.25) is 0 Å². The van der Waals surface area contributed by atoms with E-state index in [1.165, 1.54) is 15.9 Å². The smallest absolute Gasteiger partial charge is 0.433 e. The molecule has 0 aliphatic carbocycles. The third-order valence-electron chi connectivity index (χ3n) is 4.20. The van der Waals surface area contributed by atoms with Gasteiger partial charge >= 0.3 is 18.2 Å². The van der Waals surface area contributed by atoms with Gasteiger partial charge in [0.1, 0.15) is 12.2 Å². The molecule has 1 aliphatic rings. The van der Waals surface area contributed by atoms with E-state index < -0.39 is 30.4 Å². The number of hydrogen-bond donors (Lipinski definition) is 1. The molecule has 9 heteroatoms. The second-order valence-corrected chi connectivity index (χ2v) is 5.77. The molecular formula is C15H18F3N3O3. The average Bonchev–Trinajstić information content (AvgIpc) is 2.82. The number of rotatable bonds is 5. The highest BCUT2D eigenvalue weighted by atomic mass is 19.4. The van der Waals surface area contributed by atoms with Crippen molar-refractivity contribution in [3.8, 4) is 0 Å². The summed E-state index contributed by atoms with van der Waals surface area (Å²) in [5.74, 6) is -1.08. The van der Waals surface area contributed by atoms with Crippen LogP contribution in [0.15, 0.2) is 18.3 Å². The number of halogens is 3. The number of carboxylic acid groups (broad SMARTS) is 1. The van der Waals surface area contributed by atoms with Crippen molar-refractivity contribution in [1.82, 2.24) is 9.88 Å². The summed E-state index contributed by atoms with van der Waals surface area (Å²) in [4.78, 5) is 29.4. The molecule has 132 valence electrons. The summed E-state index contributed by atoms with van der Waals surface area (Å²) in [6, 6.07) is 1.12. The molecule has 0 spiro atoms. The van der Waals surface area contributed by atoms with Crippen LogP contribution in [0, 0.1) is 5.92 Å². The summed E-state index contributed by atoms with van der Waals surface area (Å²) in [5, 5.41) is 9.00. The van der Waals surface area contributed by atoms with E-state index in [2.05, 4.69) is 4.98 Å². The maximum Gasteiger partial charge on any atom is 0.433 e. The van der Waals surface area contributed by atoms with Crippen LogP contribution in [-0.2, 0) is 11.0 Å². The zero-order valence-corrected chi connectivity index (χ0v) is 13.2. The van der Waals surface area contributed by atoms with E-state index in [9.17, 15) is 22.8 Å². The topological polar surface area (TPSA) is 73.7 Å². The summed E-state index contributed by atoms with van der Waals surface area (Å²) < 4.78 is 37.7. The van der Waals surface area contributed by atoms with Gasteiger partial charge in [0.05, 0.1) is 17.9 Å². The van der Waals surface area contributed by atoms with Gasteiger partial charge in [-0.2, -0.15) is 13.2 Å². The van der Waals surface area contributed by atoms with Gasteiger partial charge in [0, 0.05) is 6.54 Å². The van der Waals surface area contributed by atoms with E-state index in [0.29, 0.717) is 0 Å². The molecule has 1 aliphatic heterocycles. The Morgan fingerprint density at radius 3 is 2.58 bits per heavy atom. The van der Waals surface area contributed by atoms with Crippen molar-refractivity contribution >= 4 is 17.7 Å². The van der Waals surface area contributed by atoms with Gasteiger partial charge in [0.25, 0.3) is 0 Å². The molecule has 1 aromatic heterocycles. The Bertz CT molecular complexity index is 619. The molecule has 24 heavy (non-hydrogen) atoms. The van der Waals surface area contributed by atoms with Crippen LogP contribution < -0.4 is 4.90 Å². The summed E-state index contributed by atoms with van der Waals surface area (Å²) in [6.07, 6.45) is -2.83. The molecule has 2 amide bonds. The minimum Gasteiger partial charge on any atom is -0.480 e. The van der Waals surface area contributed by atoms with Gasteiger partial charge in [-0.05, 0) is 18.1 Å². The van der Waals surface area contributed by atoms with Crippen molar-refractivity contribution in [2.24, 2.45) is 5.92 Å². The molecule has 6 nitrogen and oxygen atoms in total. The van der Waals surface area contributed by atoms with E-state index in [-0.39, 0.29) is 24.2 Å². The first kappa shape index (κ1) is 18.0. The molecule has 0 radical (unpaired) electrons. The Morgan fingerprint density at radius 1 is 1.46 bits per heavy atom. The van der Waals surface area contributed by atoms with Crippen LogP contribution in [0.4, 0.5) is 23.7 Å². The van der Waals surface area contributed by atoms with Crippen molar-refractivity contribution < 1.29 is 27.9 Å². The number of hydrogen-bond acceptors (Lipinski definition) is 3. The standard InChI is InChI=1S/C15H18F3N3O3/c1-3-9(2)11-7-20(14(24)21(11)8-13(22)23)10-4-5-12(19-6-10)15(16,17)18/h4-6,9,11H,3,7-8H2,1-2H3,(H,22,23)/t9-,11+/m0/s1. The van der Waals surface area contributed by atoms with Crippen molar-refractivity contribution in [1.29, 1.82) is 0 Å². The summed E-state index contributed by atoms with van der Waals surface area (Å²) >= 11 is 0. The lowest BCUT2D eigenvalue weighted by Crippen LogP contribution is -2.41. The van der Waals surface area contributed by atoms with Gasteiger partial charge in [0.2, 0.25) is 0 Å². The predicted molar refractivity (Wildman–Crippen MR) is 79.6 cm³/mol. The molecular weight excluding hydrogens is 327 g/mol. The van der Waals surface area contributed by atoms with Crippen LogP contribution in [0.1, 0.15) is 26.0 Å². The van der Waals surface area contributed by atoms with Crippen LogP contribution >= 0.6 is 0 Å². The summed E-state index contributed by atoms with van der Waals surface area (Å²) in [5.41, 5.74) is -0.826.